The summed E-state index contributed by atoms with van der Waals surface area (Å²) >= 11 is 0. The van der Waals surface area contributed by atoms with Gasteiger partial charge in [0.25, 0.3) is 0 Å². The molecule has 1 saturated heterocycles. The smallest absolute Gasteiger partial charge is 0.384 e. The highest BCUT2D eigenvalue weighted by atomic mass is 32.2. The van der Waals surface area contributed by atoms with Crippen molar-refractivity contribution in [2.24, 2.45) is 5.92 Å². The number of benzene rings is 1. The first-order valence-electron chi connectivity index (χ1n) is 8.08. The standard InChI is InChI=1S/C16H21F3N2O4S/c1-25-10-11-26(23,24)21-8-6-12(7-9-21)15(22)20-14-4-2-13(3-5-14)16(17,18)19/h2-5,12H,6-11H2,1H3,(H,20,22). The van der Waals surface area contributed by atoms with Gasteiger partial charge in [-0.3, -0.25) is 4.79 Å². The number of hydrogen-bond donors (Lipinski definition) is 1. The summed E-state index contributed by atoms with van der Waals surface area (Å²) in [4.78, 5) is 12.3. The second-order valence-electron chi connectivity index (χ2n) is 6.05. The summed E-state index contributed by atoms with van der Waals surface area (Å²) in [5.74, 6) is -0.809. The van der Waals surface area contributed by atoms with Gasteiger partial charge < -0.3 is 10.1 Å². The molecule has 0 unspecified atom stereocenters. The molecule has 1 heterocycles. The number of piperidine rings is 1. The van der Waals surface area contributed by atoms with Gasteiger partial charge >= 0.3 is 6.18 Å². The van der Waals surface area contributed by atoms with Crippen LogP contribution in [0.4, 0.5) is 18.9 Å². The van der Waals surface area contributed by atoms with Crippen molar-refractivity contribution >= 4 is 21.6 Å². The maximum Gasteiger partial charge on any atom is 0.416 e. The molecule has 26 heavy (non-hydrogen) atoms. The Balaban J connectivity index is 1.88. The zero-order valence-electron chi connectivity index (χ0n) is 14.3. The first-order chi connectivity index (χ1) is 12.1. The first kappa shape index (κ1) is 20.7. The molecular weight excluding hydrogens is 373 g/mol. The average Bonchev–Trinajstić information content (AvgIpc) is 2.60. The summed E-state index contributed by atoms with van der Waals surface area (Å²) < 4.78 is 67.9. The van der Waals surface area contributed by atoms with Gasteiger partial charge in [0.1, 0.15) is 0 Å². The molecule has 0 saturated carbocycles. The van der Waals surface area contributed by atoms with Crippen molar-refractivity contribution in [3.63, 3.8) is 0 Å². The van der Waals surface area contributed by atoms with E-state index >= 15 is 0 Å². The molecule has 0 aromatic heterocycles. The quantitative estimate of drug-likeness (QED) is 0.804. The topological polar surface area (TPSA) is 75.7 Å². The van der Waals surface area contributed by atoms with Gasteiger partial charge in [0.15, 0.2) is 0 Å². The van der Waals surface area contributed by atoms with Crippen LogP contribution in [0.15, 0.2) is 24.3 Å². The van der Waals surface area contributed by atoms with Crippen LogP contribution in [0.3, 0.4) is 0 Å². The Kier molecular flexibility index (Phi) is 6.64. The molecule has 1 aliphatic heterocycles. The molecule has 2 rings (SSSR count). The third-order valence-electron chi connectivity index (χ3n) is 4.24. The van der Waals surface area contributed by atoms with Crippen LogP contribution in [0.2, 0.25) is 0 Å². The summed E-state index contributed by atoms with van der Waals surface area (Å²) in [7, 11) is -1.98. The molecule has 10 heteroatoms. The Morgan fingerprint density at radius 1 is 1.23 bits per heavy atom. The molecular formula is C16H21F3N2O4S. The van der Waals surface area contributed by atoms with E-state index in [4.69, 9.17) is 4.74 Å². The number of sulfonamides is 1. The second kappa shape index (κ2) is 8.36. The highest BCUT2D eigenvalue weighted by molar-refractivity contribution is 7.89. The fourth-order valence-corrected chi connectivity index (χ4v) is 4.10. The molecule has 1 aliphatic rings. The van der Waals surface area contributed by atoms with Crippen molar-refractivity contribution < 1.29 is 31.1 Å². The van der Waals surface area contributed by atoms with Crippen LogP contribution in [0.25, 0.3) is 0 Å². The summed E-state index contributed by atoms with van der Waals surface area (Å²) in [5.41, 5.74) is -0.511. The molecule has 0 bridgehead atoms. The van der Waals surface area contributed by atoms with Crippen LogP contribution in [-0.4, -0.2) is 51.2 Å². The van der Waals surface area contributed by atoms with E-state index in [9.17, 15) is 26.4 Å². The lowest BCUT2D eigenvalue weighted by atomic mass is 9.97. The van der Waals surface area contributed by atoms with Crippen molar-refractivity contribution in [1.29, 1.82) is 0 Å². The van der Waals surface area contributed by atoms with E-state index in [-0.39, 0.29) is 43.0 Å². The average molecular weight is 394 g/mol. The van der Waals surface area contributed by atoms with Gasteiger partial charge in [-0.1, -0.05) is 0 Å². The molecule has 1 aromatic rings. The molecule has 1 N–H and O–H groups in total. The van der Waals surface area contributed by atoms with E-state index in [1.54, 1.807) is 0 Å². The number of rotatable bonds is 6. The number of carbonyl (C=O) groups is 1. The Hall–Kier alpha value is -1.65. The number of nitrogens with one attached hydrogen (secondary N) is 1. The summed E-state index contributed by atoms with van der Waals surface area (Å²) in [6, 6.07) is 4.21. The molecule has 0 spiro atoms. The van der Waals surface area contributed by atoms with Crippen LogP contribution in [0.5, 0.6) is 0 Å². The lowest BCUT2D eigenvalue weighted by Gasteiger charge is -2.30. The molecule has 1 fully saturated rings. The Bertz CT molecular complexity index is 712. The third-order valence-corrected chi connectivity index (χ3v) is 6.08. The van der Waals surface area contributed by atoms with Crippen molar-refractivity contribution in [3.8, 4) is 0 Å². The minimum absolute atomic E-state index is 0.105. The molecule has 0 radical (unpaired) electrons. The molecule has 1 amide bonds. The van der Waals surface area contributed by atoms with Gasteiger partial charge in [0, 0.05) is 31.8 Å². The minimum Gasteiger partial charge on any atom is -0.384 e. The molecule has 146 valence electrons. The van der Waals surface area contributed by atoms with Gasteiger partial charge in [-0.2, -0.15) is 13.2 Å². The number of ether oxygens (including phenoxy) is 1. The maximum atomic E-state index is 12.5. The van der Waals surface area contributed by atoms with Gasteiger partial charge in [-0.25, -0.2) is 12.7 Å². The number of anilines is 1. The lowest BCUT2D eigenvalue weighted by Crippen LogP contribution is -2.42. The minimum atomic E-state index is -4.43. The fourth-order valence-electron chi connectivity index (χ4n) is 2.70. The van der Waals surface area contributed by atoms with E-state index < -0.39 is 21.8 Å². The van der Waals surface area contributed by atoms with E-state index in [0.717, 1.165) is 12.1 Å². The van der Waals surface area contributed by atoms with Crippen LogP contribution in [0, 0.1) is 5.92 Å². The highest BCUT2D eigenvalue weighted by Gasteiger charge is 2.32. The predicted octanol–water partition coefficient (Wildman–Crippen LogP) is 2.33. The van der Waals surface area contributed by atoms with Crippen LogP contribution < -0.4 is 5.32 Å². The third kappa shape index (κ3) is 5.42. The normalized spacial score (nSPS) is 17.2. The van der Waals surface area contributed by atoms with Crippen LogP contribution in [-0.2, 0) is 25.7 Å². The zero-order valence-corrected chi connectivity index (χ0v) is 15.1. The number of halogens is 3. The largest absolute Gasteiger partial charge is 0.416 e. The van der Waals surface area contributed by atoms with Gasteiger partial charge in [-0.15, -0.1) is 0 Å². The van der Waals surface area contributed by atoms with E-state index in [0.29, 0.717) is 12.8 Å². The number of hydrogen-bond acceptors (Lipinski definition) is 4. The molecule has 0 aliphatic carbocycles. The summed E-state index contributed by atoms with van der Waals surface area (Å²) in [5, 5.41) is 2.58. The zero-order chi connectivity index (χ0) is 19.4. The number of alkyl halides is 3. The predicted molar refractivity (Wildman–Crippen MR) is 90.0 cm³/mol. The Morgan fingerprint density at radius 3 is 2.31 bits per heavy atom. The molecule has 6 nitrogen and oxygen atoms in total. The summed E-state index contributed by atoms with van der Waals surface area (Å²) in [6.45, 7) is 0.574. The van der Waals surface area contributed by atoms with Gasteiger partial charge in [0.2, 0.25) is 15.9 Å². The maximum absolute atomic E-state index is 12.5. The lowest BCUT2D eigenvalue weighted by molar-refractivity contribution is -0.137. The SMILES string of the molecule is COCCS(=O)(=O)N1CCC(C(=O)Nc2ccc(C(F)(F)F)cc2)CC1. The number of amides is 1. The van der Waals surface area contributed by atoms with Crippen LogP contribution in [0.1, 0.15) is 18.4 Å². The monoisotopic (exact) mass is 394 g/mol. The number of nitrogens with zero attached hydrogens (tertiary/aromatic N) is 1. The number of methoxy groups -OCH3 is 1. The van der Waals surface area contributed by atoms with E-state index in [1.807, 2.05) is 0 Å². The fraction of sp³-hybridized carbons (Fsp3) is 0.562. The van der Waals surface area contributed by atoms with Gasteiger partial charge in [-0.05, 0) is 37.1 Å². The van der Waals surface area contributed by atoms with Crippen molar-refractivity contribution in [2.75, 3.05) is 37.9 Å². The van der Waals surface area contributed by atoms with E-state index in [1.165, 1.54) is 23.5 Å². The molecule has 0 atom stereocenters. The molecule has 1 aromatic carbocycles. The van der Waals surface area contributed by atoms with Crippen LogP contribution >= 0.6 is 0 Å². The van der Waals surface area contributed by atoms with Crippen molar-refractivity contribution in [1.82, 2.24) is 4.31 Å². The van der Waals surface area contributed by atoms with Crippen molar-refractivity contribution in [2.45, 2.75) is 19.0 Å². The Morgan fingerprint density at radius 2 is 1.81 bits per heavy atom. The highest BCUT2D eigenvalue weighted by Crippen LogP contribution is 2.30. The summed E-state index contributed by atoms with van der Waals surface area (Å²) in [6.07, 6.45) is -3.71. The Labute approximate surface area is 150 Å². The number of carbonyl (C=O) groups excluding carboxylic acids is 1. The van der Waals surface area contributed by atoms with E-state index in [2.05, 4.69) is 5.32 Å². The van der Waals surface area contributed by atoms with Gasteiger partial charge in [0.05, 0.1) is 17.9 Å². The second-order valence-corrected chi connectivity index (χ2v) is 8.13. The van der Waals surface area contributed by atoms with Crippen molar-refractivity contribution in [3.05, 3.63) is 29.8 Å². The first-order valence-corrected chi connectivity index (χ1v) is 9.69.